The highest BCUT2D eigenvalue weighted by molar-refractivity contribution is 5.81. The number of benzene rings is 10. The van der Waals surface area contributed by atoms with Gasteiger partial charge in [-0.05, 0) is 115 Å². The Kier molecular flexibility index (Phi) is 11.4. The van der Waals surface area contributed by atoms with E-state index in [1.165, 1.54) is 0 Å². The predicted molar refractivity (Wildman–Crippen MR) is 279 cm³/mol. The summed E-state index contributed by atoms with van der Waals surface area (Å²) in [4.78, 5) is 0. The third-order valence-corrected chi connectivity index (χ3v) is 12.8. The molecule has 0 spiro atoms. The Bertz CT molecular complexity index is 2860. The van der Waals surface area contributed by atoms with Crippen LogP contribution in [0.15, 0.2) is 243 Å². The van der Waals surface area contributed by atoms with Gasteiger partial charge < -0.3 is 22.9 Å². The van der Waals surface area contributed by atoms with Crippen molar-refractivity contribution in [2.45, 2.75) is 11.8 Å². The van der Waals surface area contributed by atoms with Gasteiger partial charge in [-0.1, -0.05) is 194 Å². The zero-order chi connectivity index (χ0) is 45.0. The number of rotatable bonds is 11. The Labute approximate surface area is 387 Å². The van der Waals surface area contributed by atoms with Crippen molar-refractivity contribution >= 4 is 22.7 Å². The second-order valence-electron chi connectivity index (χ2n) is 17.0. The molecule has 0 bridgehead atoms. The molecular formula is C62H50N4. The third-order valence-electron chi connectivity index (χ3n) is 12.8. The molecule has 0 aliphatic heterocycles. The van der Waals surface area contributed by atoms with Gasteiger partial charge in [0.25, 0.3) is 0 Å². The average molecular weight is 851 g/mol. The molecule has 0 atom stereocenters. The minimum absolute atomic E-state index is 0.0883. The van der Waals surface area contributed by atoms with Crippen LogP contribution < -0.4 is 22.9 Å². The minimum atomic E-state index is -0.0883. The summed E-state index contributed by atoms with van der Waals surface area (Å²) in [6.45, 7) is 0. The van der Waals surface area contributed by atoms with Gasteiger partial charge in [-0.3, -0.25) is 0 Å². The molecule has 0 aliphatic carbocycles. The lowest BCUT2D eigenvalue weighted by Gasteiger charge is -2.23. The molecule has 0 saturated carbocycles. The van der Waals surface area contributed by atoms with Gasteiger partial charge in [0.1, 0.15) is 0 Å². The van der Waals surface area contributed by atoms with Crippen molar-refractivity contribution in [1.82, 2.24) is 0 Å². The van der Waals surface area contributed by atoms with E-state index >= 15 is 0 Å². The summed E-state index contributed by atoms with van der Waals surface area (Å²) in [7, 11) is 0. The number of nitrogens with two attached hydrogens (primary N) is 4. The topological polar surface area (TPSA) is 104 Å². The lowest BCUT2D eigenvalue weighted by Crippen LogP contribution is -2.06. The van der Waals surface area contributed by atoms with E-state index in [9.17, 15) is 0 Å². The second-order valence-corrected chi connectivity index (χ2v) is 17.0. The molecule has 0 aromatic heterocycles. The van der Waals surface area contributed by atoms with E-state index in [0.29, 0.717) is 0 Å². The van der Waals surface area contributed by atoms with Crippen LogP contribution >= 0.6 is 0 Å². The summed E-state index contributed by atoms with van der Waals surface area (Å²) in [5.74, 6) is -0.177. The van der Waals surface area contributed by atoms with Crippen LogP contribution in [0.4, 0.5) is 22.7 Å². The van der Waals surface area contributed by atoms with Gasteiger partial charge in [0, 0.05) is 56.8 Å². The van der Waals surface area contributed by atoms with E-state index in [4.69, 9.17) is 22.9 Å². The van der Waals surface area contributed by atoms with E-state index in [0.717, 1.165) is 112 Å². The highest BCUT2D eigenvalue weighted by Gasteiger charge is 2.23. The van der Waals surface area contributed by atoms with Gasteiger partial charge in [0.2, 0.25) is 0 Å². The zero-order valence-electron chi connectivity index (χ0n) is 36.6. The molecule has 0 radical (unpaired) electrons. The Morgan fingerprint density at radius 1 is 0.197 bits per heavy atom. The Morgan fingerprint density at radius 3 is 0.636 bits per heavy atom. The fourth-order valence-corrected chi connectivity index (χ4v) is 9.38. The second kappa shape index (κ2) is 18.2. The van der Waals surface area contributed by atoms with Crippen LogP contribution in [0.25, 0.3) is 55.6 Å². The van der Waals surface area contributed by atoms with E-state index in [1.807, 2.05) is 48.5 Å². The van der Waals surface area contributed by atoms with Gasteiger partial charge in [-0.15, -0.1) is 0 Å². The number of hydrogen-bond acceptors (Lipinski definition) is 4. The largest absolute Gasteiger partial charge is 0.398 e. The molecule has 8 N–H and O–H groups in total. The van der Waals surface area contributed by atoms with Gasteiger partial charge in [-0.25, -0.2) is 0 Å². The summed E-state index contributed by atoms with van der Waals surface area (Å²) in [5.41, 5.74) is 47.1. The summed E-state index contributed by atoms with van der Waals surface area (Å²) in [6.07, 6.45) is 0. The van der Waals surface area contributed by atoms with E-state index < -0.39 is 0 Å². The summed E-state index contributed by atoms with van der Waals surface area (Å²) >= 11 is 0. The molecule has 0 fully saturated rings. The van der Waals surface area contributed by atoms with Crippen LogP contribution in [-0.4, -0.2) is 0 Å². The quantitative estimate of drug-likeness (QED) is 0.0768. The van der Waals surface area contributed by atoms with Crippen LogP contribution in [-0.2, 0) is 0 Å². The number of anilines is 4. The van der Waals surface area contributed by atoms with Crippen molar-refractivity contribution in [3.05, 3.63) is 276 Å². The van der Waals surface area contributed by atoms with Crippen LogP contribution in [0, 0.1) is 0 Å². The first-order valence-electron chi connectivity index (χ1n) is 22.4. The van der Waals surface area contributed by atoms with Crippen LogP contribution in [0.3, 0.4) is 0 Å². The smallest absolute Gasteiger partial charge is 0.0393 e. The van der Waals surface area contributed by atoms with Gasteiger partial charge >= 0.3 is 0 Å². The normalized spacial score (nSPS) is 11.2. The first-order chi connectivity index (χ1) is 32.4. The van der Waals surface area contributed by atoms with E-state index in [1.54, 1.807) is 0 Å². The van der Waals surface area contributed by atoms with Crippen LogP contribution in [0.1, 0.15) is 45.2 Å². The molecule has 0 aliphatic rings. The third kappa shape index (κ3) is 8.44. The fraction of sp³-hybridized carbons (Fsp3) is 0.0323. The molecule has 10 aromatic carbocycles. The Balaban J connectivity index is 1.04. The van der Waals surface area contributed by atoms with Crippen molar-refractivity contribution in [3.8, 4) is 55.6 Å². The van der Waals surface area contributed by atoms with Crippen molar-refractivity contribution < 1.29 is 0 Å². The number of nitrogen functional groups attached to an aromatic ring is 4. The maximum absolute atomic E-state index is 6.65. The molecule has 0 unspecified atom stereocenters. The van der Waals surface area contributed by atoms with E-state index in [-0.39, 0.29) is 11.8 Å². The first-order valence-corrected chi connectivity index (χ1v) is 22.4. The predicted octanol–water partition coefficient (Wildman–Crippen LogP) is 14.7. The summed E-state index contributed by atoms with van der Waals surface area (Å²) in [6, 6.07) is 85.1. The lowest BCUT2D eigenvalue weighted by atomic mass is 9.81. The Morgan fingerprint density at radius 2 is 0.409 bits per heavy atom. The van der Waals surface area contributed by atoms with E-state index in [2.05, 4.69) is 194 Å². The molecule has 4 nitrogen and oxygen atoms in total. The highest BCUT2D eigenvalue weighted by atomic mass is 14.6. The minimum Gasteiger partial charge on any atom is -0.398 e. The monoisotopic (exact) mass is 850 g/mol. The zero-order valence-corrected chi connectivity index (χ0v) is 36.6. The van der Waals surface area contributed by atoms with Crippen LogP contribution in [0.2, 0.25) is 0 Å². The molecule has 318 valence electrons. The van der Waals surface area contributed by atoms with Gasteiger partial charge in [0.15, 0.2) is 0 Å². The molecule has 66 heavy (non-hydrogen) atoms. The highest BCUT2D eigenvalue weighted by Crippen LogP contribution is 2.42. The SMILES string of the molecule is Nc1ccc(C(c2ccc(-c3ccc(C(c4ccc(N)c(-c5ccccc5)c4)c4ccc(N)c(-c5ccccc5)c4)cc3)cc2)c2ccc(N)c(-c3ccccc3)c2)cc1-c1ccccc1. The van der Waals surface area contributed by atoms with Gasteiger partial charge in [0.05, 0.1) is 0 Å². The standard InChI is InChI=1S/C62H50N4/c63-57-33-29-49(37-53(57)43-13-5-1-6-14-43)61(50-30-34-58(64)54(38-50)44-15-7-2-8-16-44)47-25-21-41(22-26-47)42-23-27-48(28-24-42)62(51-31-35-59(65)55(39-51)45-17-9-3-10-18-45)52-32-36-60(66)56(40-52)46-19-11-4-12-20-46/h1-40,61-62H,63-66H2. The molecule has 0 heterocycles. The first kappa shape index (κ1) is 41.4. The molecular weight excluding hydrogens is 801 g/mol. The molecule has 4 heteroatoms. The Hall–Kier alpha value is -8.60. The van der Waals surface area contributed by atoms with Crippen LogP contribution in [0.5, 0.6) is 0 Å². The summed E-state index contributed by atoms with van der Waals surface area (Å²) in [5, 5.41) is 0. The molecule has 10 aromatic rings. The van der Waals surface area contributed by atoms with Crippen molar-refractivity contribution in [2.75, 3.05) is 22.9 Å². The fourth-order valence-electron chi connectivity index (χ4n) is 9.38. The van der Waals surface area contributed by atoms with Crippen molar-refractivity contribution in [2.24, 2.45) is 0 Å². The van der Waals surface area contributed by atoms with Crippen molar-refractivity contribution in [3.63, 3.8) is 0 Å². The van der Waals surface area contributed by atoms with Crippen molar-refractivity contribution in [1.29, 1.82) is 0 Å². The van der Waals surface area contributed by atoms with Gasteiger partial charge in [-0.2, -0.15) is 0 Å². The molecule has 10 rings (SSSR count). The summed E-state index contributed by atoms with van der Waals surface area (Å²) < 4.78 is 0. The number of hydrogen-bond donors (Lipinski definition) is 4. The maximum Gasteiger partial charge on any atom is 0.0393 e. The average Bonchev–Trinajstić information content (AvgIpc) is 3.37. The molecule has 0 saturated heterocycles. The molecule has 0 amide bonds. The lowest BCUT2D eigenvalue weighted by molar-refractivity contribution is 0.978. The maximum atomic E-state index is 6.65.